The number of carbonyl (C=O) groups excluding carboxylic acids is 1. The van der Waals surface area contributed by atoms with Gasteiger partial charge in [-0.3, -0.25) is 9.78 Å². The Morgan fingerprint density at radius 3 is 2.94 bits per heavy atom. The van der Waals surface area contributed by atoms with Crippen molar-refractivity contribution in [1.82, 2.24) is 9.88 Å². The summed E-state index contributed by atoms with van der Waals surface area (Å²) in [5.74, 6) is -0.164. The van der Waals surface area contributed by atoms with Crippen molar-refractivity contribution >= 4 is 21.8 Å². The van der Waals surface area contributed by atoms with Crippen LogP contribution in [0.2, 0.25) is 0 Å². The predicted octanol–water partition coefficient (Wildman–Crippen LogP) is 1.46. The maximum absolute atomic E-state index is 12.0. The zero-order valence-electron chi connectivity index (χ0n) is 8.77. The lowest BCUT2D eigenvalue weighted by Crippen LogP contribution is -2.33. The zero-order valence-corrected chi connectivity index (χ0v) is 10.4. The number of nitrogens with zero attached hydrogens (tertiary/aromatic N) is 2. The quantitative estimate of drug-likeness (QED) is 0.833. The highest BCUT2D eigenvalue weighted by Crippen LogP contribution is 2.11. The van der Waals surface area contributed by atoms with Gasteiger partial charge in [0.1, 0.15) is 0 Å². The number of hydrogen-bond acceptors (Lipinski definition) is 3. The van der Waals surface area contributed by atoms with Crippen molar-refractivity contribution in [3.05, 3.63) is 41.2 Å². The van der Waals surface area contributed by atoms with Crippen LogP contribution >= 0.6 is 15.9 Å². The van der Waals surface area contributed by atoms with Gasteiger partial charge in [-0.25, -0.2) is 0 Å². The molecule has 16 heavy (non-hydrogen) atoms. The summed E-state index contributed by atoms with van der Waals surface area (Å²) >= 11 is 3.25. The Kier molecular flexibility index (Phi) is 5.14. The topological polar surface area (TPSA) is 53.4 Å². The van der Waals surface area contributed by atoms with Crippen LogP contribution in [0.3, 0.4) is 0 Å². The fraction of sp³-hybridized carbons (Fsp3) is 0.273. The molecule has 4 nitrogen and oxygen atoms in total. The molecule has 86 valence electrons. The normalized spacial score (nSPS) is 9.88. The average Bonchev–Trinajstić information content (AvgIpc) is 2.28. The van der Waals surface area contributed by atoms with Gasteiger partial charge < -0.3 is 10.0 Å². The molecule has 0 aliphatic heterocycles. The van der Waals surface area contributed by atoms with Crippen LogP contribution < -0.4 is 0 Å². The second kappa shape index (κ2) is 6.40. The maximum Gasteiger partial charge on any atom is 0.255 e. The molecule has 0 atom stereocenters. The number of pyridine rings is 1. The molecule has 0 saturated heterocycles. The maximum atomic E-state index is 12.0. The van der Waals surface area contributed by atoms with Crippen molar-refractivity contribution in [2.45, 2.75) is 0 Å². The second-order valence-electron chi connectivity index (χ2n) is 3.16. The first-order chi connectivity index (χ1) is 7.69. The van der Waals surface area contributed by atoms with E-state index in [4.69, 9.17) is 5.11 Å². The van der Waals surface area contributed by atoms with Crippen LogP contribution in [0.15, 0.2) is 35.6 Å². The van der Waals surface area contributed by atoms with Crippen LogP contribution in [-0.4, -0.2) is 40.6 Å². The molecule has 1 rings (SSSR count). The predicted molar refractivity (Wildman–Crippen MR) is 65.1 cm³/mol. The Hall–Kier alpha value is -1.20. The molecule has 0 aliphatic carbocycles. The third-order valence-electron chi connectivity index (χ3n) is 1.96. The smallest absolute Gasteiger partial charge is 0.255 e. The van der Waals surface area contributed by atoms with Gasteiger partial charge in [-0.1, -0.05) is 6.08 Å². The fourth-order valence-corrected chi connectivity index (χ4v) is 1.63. The molecule has 0 bridgehead atoms. The third kappa shape index (κ3) is 3.43. The van der Waals surface area contributed by atoms with E-state index in [1.54, 1.807) is 18.3 Å². The van der Waals surface area contributed by atoms with E-state index in [0.717, 1.165) is 4.47 Å². The summed E-state index contributed by atoms with van der Waals surface area (Å²) in [6.07, 6.45) is 4.74. The lowest BCUT2D eigenvalue weighted by Gasteiger charge is -2.19. The lowest BCUT2D eigenvalue weighted by atomic mass is 10.2. The third-order valence-corrected chi connectivity index (χ3v) is 2.39. The highest BCUT2D eigenvalue weighted by Gasteiger charge is 2.14. The molecule has 0 radical (unpaired) electrons. The number of aromatic nitrogens is 1. The Morgan fingerprint density at radius 1 is 1.62 bits per heavy atom. The first-order valence-electron chi connectivity index (χ1n) is 4.80. The first kappa shape index (κ1) is 12.9. The number of amides is 1. The van der Waals surface area contributed by atoms with Gasteiger partial charge in [0, 0.05) is 30.0 Å². The van der Waals surface area contributed by atoms with Gasteiger partial charge in [-0.2, -0.15) is 0 Å². The summed E-state index contributed by atoms with van der Waals surface area (Å²) in [6, 6.07) is 1.70. The summed E-state index contributed by atoms with van der Waals surface area (Å²) in [5.41, 5.74) is 0.490. The van der Waals surface area contributed by atoms with Gasteiger partial charge in [0.05, 0.1) is 12.2 Å². The Balaban J connectivity index is 2.85. The van der Waals surface area contributed by atoms with Crippen LogP contribution in [0.4, 0.5) is 0 Å². The summed E-state index contributed by atoms with van der Waals surface area (Å²) in [6.45, 7) is 4.21. The highest BCUT2D eigenvalue weighted by atomic mass is 79.9. The molecular formula is C11H13BrN2O2. The van der Waals surface area contributed by atoms with Gasteiger partial charge in [0.15, 0.2) is 0 Å². The molecule has 0 aromatic carbocycles. The Morgan fingerprint density at radius 2 is 2.38 bits per heavy atom. The largest absolute Gasteiger partial charge is 0.395 e. The molecule has 1 amide bonds. The zero-order chi connectivity index (χ0) is 12.0. The van der Waals surface area contributed by atoms with Crippen LogP contribution in [0.5, 0.6) is 0 Å². The SMILES string of the molecule is C=CCN(CCO)C(=O)c1cncc(Br)c1. The molecule has 1 aromatic heterocycles. The number of rotatable bonds is 5. The number of carbonyl (C=O) groups is 1. The van der Waals surface area contributed by atoms with E-state index in [1.165, 1.54) is 11.1 Å². The molecule has 1 heterocycles. The lowest BCUT2D eigenvalue weighted by molar-refractivity contribution is 0.0742. The minimum atomic E-state index is -0.164. The monoisotopic (exact) mass is 284 g/mol. The van der Waals surface area contributed by atoms with Crippen molar-refractivity contribution in [1.29, 1.82) is 0 Å². The molecule has 0 fully saturated rings. The van der Waals surface area contributed by atoms with E-state index in [0.29, 0.717) is 12.1 Å². The van der Waals surface area contributed by atoms with E-state index in [-0.39, 0.29) is 19.1 Å². The minimum absolute atomic E-state index is 0.0684. The molecule has 0 saturated carbocycles. The van der Waals surface area contributed by atoms with Crippen molar-refractivity contribution in [2.75, 3.05) is 19.7 Å². The average molecular weight is 285 g/mol. The first-order valence-corrected chi connectivity index (χ1v) is 5.60. The molecule has 0 spiro atoms. The van der Waals surface area contributed by atoms with Gasteiger partial charge in [0.2, 0.25) is 0 Å². The summed E-state index contributed by atoms with van der Waals surface area (Å²) in [5, 5.41) is 8.86. The van der Waals surface area contributed by atoms with E-state index in [2.05, 4.69) is 27.5 Å². The highest BCUT2D eigenvalue weighted by molar-refractivity contribution is 9.10. The number of hydrogen-bond donors (Lipinski definition) is 1. The van der Waals surface area contributed by atoms with Crippen molar-refractivity contribution < 1.29 is 9.90 Å². The van der Waals surface area contributed by atoms with Crippen molar-refractivity contribution in [2.24, 2.45) is 0 Å². The van der Waals surface area contributed by atoms with E-state index < -0.39 is 0 Å². The van der Waals surface area contributed by atoms with E-state index in [1.807, 2.05) is 0 Å². The molecule has 0 aliphatic rings. The summed E-state index contributed by atoms with van der Waals surface area (Å²) in [7, 11) is 0. The second-order valence-corrected chi connectivity index (χ2v) is 4.07. The number of halogens is 1. The van der Waals surface area contributed by atoms with Gasteiger partial charge in [-0.05, 0) is 22.0 Å². The molecule has 1 N–H and O–H groups in total. The van der Waals surface area contributed by atoms with Crippen LogP contribution in [0.1, 0.15) is 10.4 Å². The van der Waals surface area contributed by atoms with Crippen LogP contribution in [0.25, 0.3) is 0 Å². The molecule has 1 aromatic rings. The van der Waals surface area contributed by atoms with Gasteiger partial charge in [-0.15, -0.1) is 6.58 Å². The fourth-order valence-electron chi connectivity index (χ4n) is 1.26. The Bertz CT molecular complexity index is 382. The summed E-state index contributed by atoms with van der Waals surface area (Å²) < 4.78 is 0.751. The number of aliphatic hydroxyl groups is 1. The standard InChI is InChI=1S/C11H13BrN2O2/c1-2-3-14(4-5-15)11(16)9-6-10(12)8-13-7-9/h2,6-8,15H,1,3-5H2. The Labute approximate surface area is 103 Å². The van der Waals surface area contributed by atoms with Crippen molar-refractivity contribution in [3.63, 3.8) is 0 Å². The minimum Gasteiger partial charge on any atom is -0.395 e. The van der Waals surface area contributed by atoms with Gasteiger partial charge >= 0.3 is 0 Å². The number of aliphatic hydroxyl groups excluding tert-OH is 1. The van der Waals surface area contributed by atoms with Crippen molar-refractivity contribution in [3.8, 4) is 0 Å². The molecular weight excluding hydrogens is 272 g/mol. The van der Waals surface area contributed by atoms with E-state index >= 15 is 0 Å². The molecule has 0 unspecified atom stereocenters. The van der Waals surface area contributed by atoms with Crippen LogP contribution in [0, 0.1) is 0 Å². The van der Waals surface area contributed by atoms with E-state index in [9.17, 15) is 4.79 Å². The van der Waals surface area contributed by atoms with Crippen LogP contribution in [-0.2, 0) is 0 Å². The summed E-state index contributed by atoms with van der Waals surface area (Å²) in [4.78, 5) is 17.4. The van der Waals surface area contributed by atoms with Gasteiger partial charge in [0.25, 0.3) is 5.91 Å². The molecule has 5 heteroatoms.